The van der Waals surface area contributed by atoms with E-state index in [1.807, 2.05) is 0 Å². The third-order valence-electron chi connectivity index (χ3n) is 3.88. The van der Waals surface area contributed by atoms with Crippen molar-refractivity contribution in [2.45, 2.75) is 64.5 Å². The molecule has 2 nitrogen and oxygen atoms in total. The standard InChI is InChI=1S/C14H23NO/c1-10(2)6-7-14(16)11-8-12-4-3-5-13(9-11)15-12/h6,11-13,15H,3-5,7-9H2,1-2H3. The van der Waals surface area contributed by atoms with Crippen LogP contribution in [0.15, 0.2) is 11.6 Å². The molecule has 2 aliphatic heterocycles. The van der Waals surface area contributed by atoms with Gasteiger partial charge >= 0.3 is 0 Å². The number of rotatable bonds is 3. The summed E-state index contributed by atoms with van der Waals surface area (Å²) in [6, 6.07) is 1.24. The summed E-state index contributed by atoms with van der Waals surface area (Å²) in [6.07, 6.45) is 8.74. The maximum atomic E-state index is 12.1. The van der Waals surface area contributed by atoms with Gasteiger partial charge in [-0.2, -0.15) is 0 Å². The lowest BCUT2D eigenvalue weighted by atomic mass is 9.78. The number of hydrogen-bond donors (Lipinski definition) is 1. The first-order valence-corrected chi connectivity index (χ1v) is 6.57. The smallest absolute Gasteiger partial charge is 0.139 e. The van der Waals surface area contributed by atoms with Crippen LogP contribution < -0.4 is 5.32 Å². The zero-order valence-corrected chi connectivity index (χ0v) is 10.5. The molecule has 2 heteroatoms. The fourth-order valence-corrected chi connectivity index (χ4v) is 3.00. The third-order valence-corrected chi connectivity index (χ3v) is 3.88. The lowest BCUT2D eigenvalue weighted by Gasteiger charge is -2.39. The molecule has 0 aromatic carbocycles. The molecule has 1 N–H and O–H groups in total. The highest BCUT2D eigenvalue weighted by Gasteiger charge is 2.33. The molecule has 2 saturated heterocycles. The Hall–Kier alpha value is -0.630. The molecule has 0 radical (unpaired) electrons. The molecule has 0 spiro atoms. The molecule has 0 saturated carbocycles. The summed E-state index contributed by atoms with van der Waals surface area (Å²) >= 11 is 0. The zero-order valence-electron chi connectivity index (χ0n) is 10.5. The molecule has 0 aromatic rings. The number of nitrogens with one attached hydrogen (secondary N) is 1. The summed E-state index contributed by atoms with van der Waals surface area (Å²) in [5.41, 5.74) is 1.25. The molecule has 16 heavy (non-hydrogen) atoms. The van der Waals surface area contributed by atoms with E-state index in [1.54, 1.807) is 0 Å². The van der Waals surface area contributed by atoms with Crippen LogP contribution in [0.25, 0.3) is 0 Å². The fourth-order valence-electron chi connectivity index (χ4n) is 3.00. The van der Waals surface area contributed by atoms with E-state index in [4.69, 9.17) is 0 Å². The van der Waals surface area contributed by atoms with Crippen LogP contribution in [-0.2, 0) is 4.79 Å². The van der Waals surface area contributed by atoms with E-state index in [2.05, 4.69) is 25.2 Å². The van der Waals surface area contributed by atoms with Crippen LogP contribution in [0, 0.1) is 5.92 Å². The molecule has 0 aliphatic carbocycles. The molecule has 2 aliphatic rings. The Morgan fingerprint density at radius 3 is 2.44 bits per heavy atom. The van der Waals surface area contributed by atoms with Crippen molar-refractivity contribution < 1.29 is 4.79 Å². The molecule has 90 valence electrons. The van der Waals surface area contributed by atoms with Gasteiger partial charge in [0.25, 0.3) is 0 Å². The van der Waals surface area contributed by atoms with Gasteiger partial charge in [-0.25, -0.2) is 0 Å². The second-order valence-corrected chi connectivity index (χ2v) is 5.61. The van der Waals surface area contributed by atoms with Gasteiger partial charge in [-0.1, -0.05) is 18.1 Å². The first-order valence-electron chi connectivity index (χ1n) is 6.57. The minimum Gasteiger partial charge on any atom is -0.311 e. The zero-order chi connectivity index (χ0) is 11.5. The number of allylic oxidation sites excluding steroid dienone is 2. The Kier molecular flexibility index (Phi) is 3.80. The van der Waals surface area contributed by atoms with Crippen LogP contribution in [0.5, 0.6) is 0 Å². The Labute approximate surface area is 98.5 Å². The molecule has 0 amide bonds. The number of ketones is 1. The van der Waals surface area contributed by atoms with Crippen molar-refractivity contribution in [1.82, 2.24) is 5.32 Å². The van der Waals surface area contributed by atoms with Gasteiger partial charge in [-0.15, -0.1) is 0 Å². The molecular formula is C14H23NO. The minimum atomic E-state index is 0.326. The molecule has 0 aromatic heterocycles. The van der Waals surface area contributed by atoms with Crippen molar-refractivity contribution >= 4 is 5.78 Å². The number of hydrogen-bond acceptors (Lipinski definition) is 2. The van der Waals surface area contributed by atoms with Crippen molar-refractivity contribution in [3.63, 3.8) is 0 Å². The topological polar surface area (TPSA) is 29.1 Å². The van der Waals surface area contributed by atoms with Gasteiger partial charge < -0.3 is 5.32 Å². The van der Waals surface area contributed by atoms with Crippen molar-refractivity contribution in [2.24, 2.45) is 5.92 Å². The first kappa shape index (κ1) is 11.8. The molecule has 2 atom stereocenters. The second-order valence-electron chi connectivity index (χ2n) is 5.61. The predicted octanol–water partition coefficient (Wildman–Crippen LogP) is 2.83. The number of fused-ring (bicyclic) bond motifs is 2. The number of carbonyl (C=O) groups is 1. The highest BCUT2D eigenvalue weighted by atomic mass is 16.1. The van der Waals surface area contributed by atoms with Gasteiger partial charge in [-0.05, 0) is 39.5 Å². The Morgan fingerprint density at radius 1 is 1.25 bits per heavy atom. The SMILES string of the molecule is CC(C)=CCC(=O)C1CC2CCCC(C1)N2. The molecule has 2 rings (SSSR count). The largest absolute Gasteiger partial charge is 0.311 e. The van der Waals surface area contributed by atoms with Gasteiger partial charge in [0.1, 0.15) is 5.78 Å². The van der Waals surface area contributed by atoms with E-state index in [-0.39, 0.29) is 0 Å². The van der Waals surface area contributed by atoms with Crippen molar-refractivity contribution in [3.8, 4) is 0 Å². The molecule has 2 heterocycles. The third kappa shape index (κ3) is 2.94. The Bertz CT molecular complexity index is 279. The van der Waals surface area contributed by atoms with Gasteiger partial charge in [0.15, 0.2) is 0 Å². The van der Waals surface area contributed by atoms with E-state index in [0.29, 0.717) is 30.2 Å². The van der Waals surface area contributed by atoms with Crippen LogP contribution in [0.1, 0.15) is 52.4 Å². The second kappa shape index (κ2) is 5.13. The van der Waals surface area contributed by atoms with E-state index in [1.165, 1.54) is 24.8 Å². The maximum Gasteiger partial charge on any atom is 0.139 e. The Morgan fingerprint density at radius 2 is 1.88 bits per heavy atom. The lowest BCUT2D eigenvalue weighted by Crippen LogP contribution is -2.49. The van der Waals surface area contributed by atoms with E-state index >= 15 is 0 Å². The average molecular weight is 221 g/mol. The number of piperidine rings is 2. The van der Waals surface area contributed by atoms with Gasteiger partial charge in [0, 0.05) is 24.4 Å². The van der Waals surface area contributed by atoms with Crippen LogP contribution in [0.2, 0.25) is 0 Å². The maximum absolute atomic E-state index is 12.1. The van der Waals surface area contributed by atoms with E-state index in [9.17, 15) is 4.79 Å². The van der Waals surface area contributed by atoms with Crippen LogP contribution in [0.3, 0.4) is 0 Å². The Balaban J connectivity index is 1.90. The van der Waals surface area contributed by atoms with Gasteiger partial charge in [0.05, 0.1) is 0 Å². The summed E-state index contributed by atoms with van der Waals surface area (Å²) in [5, 5.41) is 3.63. The summed E-state index contributed by atoms with van der Waals surface area (Å²) in [6.45, 7) is 4.12. The fraction of sp³-hybridized carbons (Fsp3) is 0.786. The van der Waals surface area contributed by atoms with Crippen LogP contribution in [-0.4, -0.2) is 17.9 Å². The number of Topliss-reactive ketones (excluding diaryl/α,β-unsaturated/α-hetero) is 1. The highest BCUT2D eigenvalue weighted by Crippen LogP contribution is 2.30. The van der Waals surface area contributed by atoms with Crippen molar-refractivity contribution in [1.29, 1.82) is 0 Å². The monoisotopic (exact) mass is 221 g/mol. The molecule has 2 fully saturated rings. The van der Waals surface area contributed by atoms with Crippen LogP contribution >= 0.6 is 0 Å². The van der Waals surface area contributed by atoms with E-state index in [0.717, 1.165) is 12.8 Å². The summed E-state index contributed by atoms with van der Waals surface area (Å²) in [4.78, 5) is 12.1. The highest BCUT2D eigenvalue weighted by molar-refractivity contribution is 5.82. The van der Waals surface area contributed by atoms with E-state index < -0.39 is 0 Å². The molecule has 2 bridgehead atoms. The summed E-state index contributed by atoms with van der Waals surface area (Å²) in [7, 11) is 0. The van der Waals surface area contributed by atoms with Gasteiger partial charge in [-0.3, -0.25) is 4.79 Å². The summed E-state index contributed by atoms with van der Waals surface area (Å²) < 4.78 is 0. The molecular weight excluding hydrogens is 198 g/mol. The van der Waals surface area contributed by atoms with Crippen LogP contribution in [0.4, 0.5) is 0 Å². The summed E-state index contributed by atoms with van der Waals surface area (Å²) in [5.74, 6) is 0.784. The van der Waals surface area contributed by atoms with Gasteiger partial charge in [0.2, 0.25) is 0 Å². The lowest BCUT2D eigenvalue weighted by molar-refractivity contribution is -0.123. The predicted molar refractivity (Wildman–Crippen MR) is 66.3 cm³/mol. The van der Waals surface area contributed by atoms with Crippen molar-refractivity contribution in [2.75, 3.05) is 0 Å². The van der Waals surface area contributed by atoms with Crippen molar-refractivity contribution in [3.05, 3.63) is 11.6 Å². The quantitative estimate of drug-likeness (QED) is 0.742. The number of carbonyl (C=O) groups excluding carboxylic acids is 1. The minimum absolute atomic E-state index is 0.326. The normalized spacial score (nSPS) is 33.2. The average Bonchev–Trinajstić information content (AvgIpc) is 2.25. The molecule has 2 unspecified atom stereocenters. The first-order chi connectivity index (χ1) is 7.65.